The van der Waals surface area contributed by atoms with Crippen molar-refractivity contribution < 1.29 is 4.79 Å². The van der Waals surface area contributed by atoms with E-state index < -0.39 is 0 Å². The van der Waals surface area contributed by atoms with Crippen molar-refractivity contribution in [3.8, 4) is 0 Å². The Morgan fingerprint density at radius 2 is 1.52 bits per heavy atom. The molecule has 0 fully saturated rings. The van der Waals surface area contributed by atoms with E-state index in [-0.39, 0.29) is 18.4 Å². The van der Waals surface area contributed by atoms with Crippen molar-refractivity contribution in [1.29, 1.82) is 0 Å². The van der Waals surface area contributed by atoms with Gasteiger partial charge in [0.1, 0.15) is 0 Å². The first-order valence-electron chi connectivity index (χ1n) is 8.68. The van der Waals surface area contributed by atoms with Gasteiger partial charge in [-0.1, -0.05) is 77.8 Å². The van der Waals surface area contributed by atoms with Crippen molar-refractivity contribution in [2.45, 2.75) is 19.4 Å². The normalized spacial score (nSPS) is 11.7. The first-order valence-corrected chi connectivity index (χ1v) is 9.43. The predicted molar refractivity (Wildman–Crippen MR) is 113 cm³/mol. The quantitative estimate of drug-likeness (QED) is 0.522. The van der Waals surface area contributed by atoms with Gasteiger partial charge in [-0.05, 0) is 36.2 Å². The molecule has 0 saturated carbocycles. The molecule has 3 aromatic carbocycles. The Balaban J connectivity index is 1.73. The van der Waals surface area contributed by atoms with E-state index in [0.717, 1.165) is 16.8 Å². The van der Waals surface area contributed by atoms with Crippen LogP contribution in [0.2, 0.25) is 10.0 Å². The first-order chi connectivity index (χ1) is 13.0. The summed E-state index contributed by atoms with van der Waals surface area (Å²) in [5.41, 5.74) is 3.37. The van der Waals surface area contributed by atoms with Crippen LogP contribution in [0.25, 0.3) is 0 Å². The van der Waals surface area contributed by atoms with E-state index in [9.17, 15) is 4.79 Å². The molecule has 2 N–H and O–H groups in total. The number of carbonyl (C=O) groups is 1. The average molecular weight is 399 g/mol. The molecule has 1 atom stereocenters. The Morgan fingerprint density at radius 1 is 0.889 bits per heavy atom. The van der Waals surface area contributed by atoms with Gasteiger partial charge in [0, 0.05) is 5.69 Å². The van der Waals surface area contributed by atoms with Crippen LogP contribution in [-0.4, -0.2) is 5.91 Å². The minimum atomic E-state index is -0.0585. The van der Waals surface area contributed by atoms with Crippen LogP contribution < -0.4 is 10.6 Å². The van der Waals surface area contributed by atoms with Crippen LogP contribution in [0.3, 0.4) is 0 Å². The van der Waals surface area contributed by atoms with E-state index in [1.807, 2.05) is 61.5 Å². The summed E-state index contributed by atoms with van der Waals surface area (Å²) in [6, 6.07) is 22.8. The Kier molecular flexibility index (Phi) is 6.38. The van der Waals surface area contributed by atoms with Crippen molar-refractivity contribution >= 4 is 40.5 Å². The monoisotopic (exact) mass is 398 g/mol. The molecule has 0 saturated heterocycles. The molecule has 27 heavy (non-hydrogen) atoms. The third-order valence-corrected chi connectivity index (χ3v) is 4.90. The minimum absolute atomic E-state index is 0.0501. The molecule has 0 heterocycles. The summed E-state index contributed by atoms with van der Waals surface area (Å²) in [6.07, 6.45) is 0.252. The average Bonchev–Trinajstić information content (AvgIpc) is 2.66. The van der Waals surface area contributed by atoms with Gasteiger partial charge in [0.15, 0.2) is 0 Å². The number of anilines is 2. The predicted octanol–water partition coefficient (Wildman–Crippen LogP) is 6.16. The number of halogens is 2. The number of rotatable bonds is 6. The maximum Gasteiger partial charge on any atom is 0.224 e. The molecule has 0 spiro atoms. The number of carbonyl (C=O) groups excluding carboxylic acids is 1. The fourth-order valence-electron chi connectivity index (χ4n) is 2.84. The van der Waals surface area contributed by atoms with Gasteiger partial charge in [-0.25, -0.2) is 0 Å². The lowest BCUT2D eigenvalue weighted by Crippen LogP contribution is -2.28. The number of hydrogen-bond acceptors (Lipinski definition) is 2. The van der Waals surface area contributed by atoms with Crippen LogP contribution in [0.5, 0.6) is 0 Å². The summed E-state index contributed by atoms with van der Waals surface area (Å²) < 4.78 is 0. The Bertz CT molecular complexity index is 908. The largest absolute Gasteiger partial charge is 0.353 e. The topological polar surface area (TPSA) is 41.1 Å². The molecule has 0 bridgehead atoms. The number of para-hydroxylation sites is 2. The minimum Gasteiger partial charge on any atom is -0.353 e. The SMILES string of the molecule is CC(NC(=O)Cc1ccccc1Nc1c(Cl)cccc1Cl)c1ccccc1. The standard InChI is InChI=1S/C22H20Cl2N2O/c1-15(16-8-3-2-4-9-16)25-21(27)14-17-10-5-6-13-20(17)26-22-18(23)11-7-12-19(22)24/h2-13,15,26H,14H2,1H3,(H,25,27). The van der Waals surface area contributed by atoms with Crippen molar-refractivity contribution in [3.05, 3.63) is 94.0 Å². The Labute approximate surface area is 169 Å². The summed E-state index contributed by atoms with van der Waals surface area (Å²) in [7, 11) is 0. The van der Waals surface area contributed by atoms with Crippen molar-refractivity contribution in [2.24, 2.45) is 0 Å². The molecule has 3 aromatic rings. The highest BCUT2D eigenvalue weighted by molar-refractivity contribution is 6.39. The van der Waals surface area contributed by atoms with Crippen LogP contribution in [0, 0.1) is 0 Å². The lowest BCUT2D eigenvalue weighted by atomic mass is 10.1. The zero-order valence-corrected chi connectivity index (χ0v) is 16.4. The summed E-state index contributed by atoms with van der Waals surface area (Å²) >= 11 is 12.5. The van der Waals surface area contributed by atoms with Gasteiger partial charge in [-0.2, -0.15) is 0 Å². The van der Waals surface area contributed by atoms with E-state index in [2.05, 4.69) is 10.6 Å². The highest BCUT2D eigenvalue weighted by Crippen LogP contribution is 2.33. The van der Waals surface area contributed by atoms with Crippen LogP contribution in [0.1, 0.15) is 24.1 Å². The summed E-state index contributed by atoms with van der Waals surface area (Å²) in [5.74, 6) is -0.0501. The molecule has 0 aliphatic carbocycles. The van der Waals surface area contributed by atoms with Crippen LogP contribution >= 0.6 is 23.2 Å². The summed E-state index contributed by atoms with van der Waals surface area (Å²) in [4.78, 5) is 12.5. The van der Waals surface area contributed by atoms with Crippen molar-refractivity contribution in [1.82, 2.24) is 5.32 Å². The Hall–Kier alpha value is -2.49. The smallest absolute Gasteiger partial charge is 0.224 e. The molecule has 0 radical (unpaired) electrons. The molecule has 1 amide bonds. The van der Waals surface area contributed by atoms with Crippen molar-refractivity contribution in [2.75, 3.05) is 5.32 Å². The summed E-state index contributed by atoms with van der Waals surface area (Å²) in [5, 5.41) is 7.35. The van der Waals surface area contributed by atoms with Gasteiger partial charge >= 0.3 is 0 Å². The number of nitrogens with one attached hydrogen (secondary N) is 2. The lowest BCUT2D eigenvalue weighted by Gasteiger charge is -2.17. The van der Waals surface area contributed by atoms with Gasteiger partial charge in [-0.15, -0.1) is 0 Å². The van der Waals surface area contributed by atoms with Gasteiger partial charge in [0.05, 0.1) is 28.2 Å². The second-order valence-corrected chi connectivity index (χ2v) is 7.07. The zero-order chi connectivity index (χ0) is 19.2. The van der Waals surface area contributed by atoms with E-state index in [1.54, 1.807) is 18.2 Å². The number of benzene rings is 3. The second kappa shape index (κ2) is 8.94. The molecule has 0 aliphatic heterocycles. The van der Waals surface area contributed by atoms with Gasteiger partial charge < -0.3 is 10.6 Å². The van der Waals surface area contributed by atoms with Crippen LogP contribution in [0.4, 0.5) is 11.4 Å². The Morgan fingerprint density at radius 3 is 2.22 bits per heavy atom. The molecular weight excluding hydrogens is 379 g/mol. The molecule has 0 aromatic heterocycles. The molecule has 1 unspecified atom stereocenters. The molecule has 0 aliphatic rings. The van der Waals surface area contributed by atoms with Gasteiger partial charge in [0.25, 0.3) is 0 Å². The molecular formula is C22H20Cl2N2O. The third kappa shape index (κ3) is 5.03. The number of amides is 1. The maximum atomic E-state index is 12.5. The molecule has 3 nitrogen and oxygen atoms in total. The van der Waals surface area contributed by atoms with Gasteiger partial charge in [0.2, 0.25) is 5.91 Å². The van der Waals surface area contributed by atoms with E-state index in [0.29, 0.717) is 15.7 Å². The fraction of sp³-hybridized carbons (Fsp3) is 0.136. The zero-order valence-electron chi connectivity index (χ0n) is 14.9. The lowest BCUT2D eigenvalue weighted by molar-refractivity contribution is -0.121. The van der Waals surface area contributed by atoms with E-state index in [4.69, 9.17) is 23.2 Å². The van der Waals surface area contributed by atoms with E-state index in [1.165, 1.54) is 0 Å². The number of hydrogen-bond donors (Lipinski definition) is 2. The highest BCUT2D eigenvalue weighted by Gasteiger charge is 2.13. The molecule has 3 rings (SSSR count). The fourth-order valence-corrected chi connectivity index (χ4v) is 3.33. The van der Waals surface area contributed by atoms with Gasteiger partial charge in [-0.3, -0.25) is 4.79 Å². The summed E-state index contributed by atoms with van der Waals surface area (Å²) in [6.45, 7) is 1.97. The van der Waals surface area contributed by atoms with Crippen molar-refractivity contribution in [3.63, 3.8) is 0 Å². The first kappa shape index (κ1) is 19.3. The van der Waals surface area contributed by atoms with Crippen LogP contribution in [-0.2, 0) is 11.2 Å². The highest BCUT2D eigenvalue weighted by atomic mass is 35.5. The third-order valence-electron chi connectivity index (χ3n) is 4.27. The van der Waals surface area contributed by atoms with E-state index >= 15 is 0 Å². The van der Waals surface area contributed by atoms with Crippen LogP contribution in [0.15, 0.2) is 72.8 Å². The second-order valence-electron chi connectivity index (χ2n) is 6.26. The maximum absolute atomic E-state index is 12.5. The molecule has 138 valence electrons. The molecule has 5 heteroatoms.